The van der Waals surface area contributed by atoms with Gasteiger partial charge in [-0.25, -0.2) is 13.1 Å². The summed E-state index contributed by atoms with van der Waals surface area (Å²) in [7, 11) is -2.11. The highest BCUT2D eigenvalue weighted by atomic mass is 32.2. The fourth-order valence-corrected chi connectivity index (χ4v) is 4.37. The van der Waals surface area contributed by atoms with Gasteiger partial charge in [0.15, 0.2) is 0 Å². The minimum atomic E-state index is -3.49. The monoisotopic (exact) mass is 332 g/mol. The van der Waals surface area contributed by atoms with E-state index in [1.165, 1.54) is 45.2 Å². The van der Waals surface area contributed by atoms with E-state index >= 15 is 0 Å². The molecule has 0 radical (unpaired) electrons. The number of hydrogen-bond donors (Lipinski definition) is 2. The number of thioether (sulfide) groups is 1. The molecule has 0 bridgehead atoms. The molecule has 0 atom stereocenters. The zero-order valence-electron chi connectivity index (χ0n) is 12.6. The van der Waals surface area contributed by atoms with Crippen LogP contribution in [0.2, 0.25) is 0 Å². The molecular weight excluding hydrogens is 308 g/mol. The lowest BCUT2D eigenvalue weighted by molar-refractivity contribution is 0.360. The first-order valence-electron chi connectivity index (χ1n) is 7.29. The van der Waals surface area contributed by atoms with E-state index in [0.29, 0.717) is 17.1 Å². The molecule has 1 aromatic rings. The molecular formula is C14H24N2O3S2. The average Bonchev–Trinajstić information content (AvgIpc) is 2.98. The van der Waals surface area contributed by atoms with E-state index in [9.17, 15) is 8.42 Å². The van der Waals surface area contributed by atoms with Gasteiger partial charge in [0.25, 0.3) is 10.0 Å². The molecule has 1 aromatic heterocycles. The van der Waals surface area contributed by atoms with Crippen LogP contribution in [-0.4, -0.2) is 33.0 Å². The minimum Gasteiger partial charge on any atom is -0.447 e. The van der Waals surface area contributed by atoms with Crippen molar-refractivity contribution in [1.82, 2.24) is 10.0 Å². The molecule has 1 fully saturated rings. The lowest BCUT2D eigenvalue weighted by atomic mass is 9.88. The van der Waals surface area contributed by atoms with Gasteiger partial charge in [0.05, 0.1) is 6.54 Å². The molecule has 120 valence electrons. The highest BCUT2D eigenvalue weighted by molar-refractivity contribution is 8.00. The largest absolute Gasteiger partial charge is 0.447 e. The second-order valence-electron chi connectivity index (χ2n) is 5.48. The molecule has 0 aliphatic heterocycles. The highest BCUT2D eigenvalue weighted by Crippen LogP contribution is 2.38. The first-order chi connectivity index (χ1) is 10.0. The second kappa shape index (κ2) is 7.17. The predicted octanol–water partition coefficient (Wildman–Crippen LogP) is 2.34. The number of rotatable bonds is 7. The van der Waals surface area contributed by atoms with Crippen LogP contribution in [0.3, 0.4) is 0 Å². The standard InChI is InChI=1S/C14H24N2O3S2/c1-15-21(17,18)13-7-6-12(19-13)10-16-11-14(20-2)8-4-3-5-9-14/h6-7,15-16H,3-5,8-11H2,1-2H3. The van der Waals surface area contributed by atoms with Gasteiger partial charge in [0, 0.05) is 11.3 Å². The summed E-state index contributed by atoms with van der Waals surface area (Å²) in [6.45, 7) is 1.49. The summed E-state index contributed by atoms with van der Waals surface area (Å²) in [5.74, 6) is 0.649. The first kappa shape index (κ1) is 16.9. The Balaban J connectivity index is 1.89. The zero-order chi connectivity index (χ0) is 15.3. The molecule has 0 amide bonds. The van der Waals surface area contributed by atoms with Crippen LogP contribution >= 0.6 is 11.8 Å². The van der Waals surface area contributed by atoms with Crippen molar-refractivity contribution < 1.29 is 12.8 Å². The van der Waals surface area contributed by atoms with Gasteiger partial charge in [-0.2, -0.15) is 11.8 Å². The Hall–Kier alpha value is -0.500. The Labute approximate surface area is 131 Å². The van der Waals surface area contributed by atoms with Crippen molar-refractivity contribution in [2.75, 3.05) is 19.8 Å². The molecule has 5 nitrogen and oxygen atoms in total. The smallest absolute Gasteiger partial charge is 0.273 e. The molecule has 1 saturated carbocycles. The molecule has 1 aliphatic carbocycles. The number of furan rings is 1. The van der Waals surface area contributed by atoms with Crippen LogP contribution in [-0.2, 0) is 16.6 Å². The van der Waals surface area contributed by atoms with Crippen LogP contribution in [0.15, 0.2) is 21.6 Å². The second-order valence-corrected chi connectivity index (χ2v) is 8.57. The van der Waals surface area contributed by atoms with Crippen LogP contribution < -0.4 is 10.0 Å². The Morgan fingerprint density at radius 3 is 2.62 bits per heavy atom. The maximum absolute atomic E-state index is 11.6. The summed E-state index contributed by atoms with van der Waals surface area (Å²) < 4.78 is 31.2. The Morgan fingerprint density at radius 1 is 1.29 bits per heavy atom. The summed E-state index contributed by atoms with van der Waals surface area (Å²) in [5, 5.41) is 3.39. The van der Waals surface area contributed by atoms with Gasteiger partial charge in [0.1, 0.15) is 5.76 Å². The van der Waals surface area contributed by atoms with E-state index in [2.05, 4.69) is 16.3 Å². The highest BCUT2D eigenvalue weighted by Gasteiger charge is 2.30. The van der Waals surface area contributed by atoms with Crippen LogP contribution in [0.1, 0.15) is 37.9 Å². The van der Waals surface area contributed by atoms with Gasteiger partial charge in [-0.1, -0.05) is 19.3 Å². The molecule has 2 N–H and O–H groups in total. The van der Waals surface area contributed by atoms with E-state index < -0.39 is 10.0 Å². The molecule has 1 aliphatic rings. The van der Waals surface area contributed by atoms with Crippen molar-refractivity contribution in [1.29, 1.82) is 0 Å². The van der Waals surface area contributed by atoms with E-state index in [1.807, 2.05) is 11.8 Å². The Bertz CT molecular complexity index is 548. The molecule has 0 unspecified atom stereocenters. The minimum absolute atomic E-state index is 0.0287. The number of hydrogen-bond acceptors (Lipinski definition) is 5. The third-order valence-electron chi connectivity index (χ3n) is 4.11. The van der Waals surface area contributed by atoms with Crippen molar-refractivity contribution >= 4 is 21.8 Å². The molecule has 0 spiro atoms. The van der Waals surface area contributed by atoms with Gasteiger partial charge in [-0.15, -0.1) is 0 Å². The SMILES string of the molecule is CNS(=O)(=O)c1ccc(CNCC2(SC)CCCCC2)o1. The summed E-state index contributed by atoms with van der Waals surface area (Å²) in [5.41, 5.74) is 0. The first-order valence-corrected chi connectivity index (χ1v) is 10.0. The third kappa shape index (κ3) is 4.25. The quantitative estimate of drug-likeness (QED) is 0.802. The molecule has 0 aromatic carbocycles. The van der Waals surface area contributed by atoms with Crippen molar-refractivity contribution in [3.8, 4) is 0 Å². The molecule has 7 heteroatoms. The molecule has 1 heterocycles. The van der Waals surface area contributed by atoms with Crippen LogP contribution in [0.25, 0.3) is 0 Å². The Kier molecular flexibility index (Phi) is 5.76. The van der Waals surface area contributed by atoms with Gasteiger partial charge < -0.3 is 9.73 Å². The summed E-state index contributed by atoms with van der Waals surface area (Å²) in [6.07, 6.45) is 8.61. The van der Waals surface area contributed by atoms with E-state index in [-0.39, 0.29) is 5.09 Å². The lowest BCUT2D eigenvalue weighted by Crippen LogP contribution is -2.39. The zero-order valence-corrected chi connectivity index (χ0v) is 14.3. The predicted molar refractivity (Wildman–Crippen MR) is 86.0 cm³/mol. The van der Waals surface area contributed by atoms with Crippen LogP contribution in [0.5, 0.6) is 0 Å². The number of sulfonamides is 1. The Morgan fingerprint density at radius 2 is 2.00 bits per heavy atom. The van der Waals surface area contributed by atoms with Crippen LogP contribution in [0.4, 0.5) is 0 Å². The maximum atomic E-state index is 11.6. The van der Waals surface area contributed by atoms with Gasteiger partial charge in [0.2, 0.25) is 5.09 Å². The van der Waals surface area contributed by atoms with Gasteiger partial charge in [-0.05, 0) is 38.3 Å². The fourth-order valence-electron chi connectivity index (χ4n) is 2.76. The summed E-state index contributed by atoms with van der Waals surface area (Å²) in [4.78, 5) is 0. The van der Waals surface area contributed by atoms with E-state index in [0.717, 1.165) is 6.54 Å². The average molecular weight is 332 g/mol. The van der Waals surface area contributed by atoms with Crippen molar-refractivity contribution in [2.24, 2.45) is 0 Å². The topological polar surface area (TPSA) is 71.3 Å². The summed E-state index contributed by atoms with van der Waals surface area (Å²) >= 11 is 1.94. The van der Waals surface area contributed by atoms with Gasteiger partial charge >= 0.3 is 0 Å². The maximum Gasteiger partial charge on any atom is 0.273 e. The molecule has 21 heavy (non-hydrogen) atoms. The fraction of sp³-hybridized carbons (Fsp3) is 0.714. The normalized spacial score (nSPS) is 18.8. The molecule has 2 rings (SSSR count). The van der Waals surface area contributed by atoms with Crippen molar-refractivity contribution in [2.45, 2.75) is 48.5 Å². The van der Waals surface area contributed by atoms with Crippen molar-refractivity contribution in [3.63, 3.8) is 0 Å². The van der Waals surface area contributed by atoms with E-state index in [4.69, 9.17) is 4.42 Å². The summed E-state index contributed by atoms with van der Waals surface area (Å²) in [6, 6.07) is 3.21. The van der Waals surface area contributed by atoms with Crippen molar-refractivity contribution in [3.05, 3.63) is 17.9 Å². The molecule has 0 saturated heterocycles. The van der Waals surface area contributed by atoms with Crippen LogP contribution in [0, 0.1) is 0 Å². The van der Waals surface area contributed by atoms with E-state index in [1.54, 1.807) is 6.07 Å². The lowest BCUT2D eigenvalue weighted by Gasteiger charge is -2.35. The third-order valence-corrected chi connectivity index (χ3v) is 6.82. The van der Waals surface area contributed by atoms with Gasteiger partial charge in [-0.3, -0.25) is 0 Å². The number of nitrogens with one attached hydrogen (secondary N) is 2.